The van der Waals surface area contributed by atoms with Crippen LogP contribution in [-0.4, -0.2) is 56.1 Å². The highest BCUT2D eigenvalue weighted by molar-refractivity contribution is 5.96. The summed E-state index contributed by atoms with van der Waals surface area (Å²) in [6.45, 7) is 5.46. The van der Waals surface area contributed by atoms with Gasteiger partial charge in [-0.15, -0.1) is 0 Å². The highest BCUT2D eigenvalue weighted by atomic mass is 16.5. The maximum atomic E-state index is 12.9. The fraction of sp³-hybridized carbons (Fsp3) is 0.440. The molecule has 4 rings (SSSR count). The van der Waals surface area contributed by atoms with Gasteiger partial charge in [0, 0.05) is 37.8 Å². The Labute approximate surface area is 184 Å². The van der Waals surface area contributed by atoms with Crippen molar-refractivity contribution in [1.29, 1.82) is 0 Å². The summed E-state index contributed by atoms with van der Waals surface area (Å²) in [5.41, 5.74) is 2.95. The van der Waals surface area contributed by atoms with Crippen LogP contribution in [0, 0.1) is 5.92 Å². The quantitative estimate of drug-likeness (QED) is 0.676. The molecule has 2 fully saturated rings. The molecule has 1 aliphatic carbocycles. The maximum absolute atomic E-state index is 12.9. The van der Waals surface area contributed by atoms with Crippen molar-refractivity contribution < 1.29 is 14.3 Å². The minimum Gasteiger partial charge on any atom is -0.379 e. The van der Waals surface area contributed by atoms with Gasteiger partial charge in [-0.2, -0.15) is 0 Å². The largest absolute Gasteiger partial charge is 0.379 e. The molecule has 0 radical (unpaired) electrons. The first-order chi connectivity index (χ1) is 15.2. The molecule has 2 aromatic carbocycles. The van der Waals surface area contributed by atoms with Gasteiger partial charge in [-0.25, -0.2) is 0 Å². The molecule has 1 aliphatic heterocycles. The monoisotopic (exact) mass is 421 g/mol. The Balaban J connectivity index is 1.31. The van der Waals surface area contributed by atoms with Gasteiger partial charge < -0.3 is 15.0 Å². The molecule has 2 aliphatic rings. The van der Waals surface area contributed by atoms with Gasteiger partial charge in [0.05, 0.1) is 26.2 Å². The van der Waals surface area contributed by atoms with E-state index in [1.807, 2.05) is 59.5 Å². The summed E-state index contributed by atoms with van der Waals surface area (Å²) < 4.78 is 5.34. The van der Waals surface area contributed by atoms with Gasteiger partial charge in [-0.3, -0.25) is 14.5 Å². The molecule has 6 heteroatoms. The summed E-state index contributed by atoms with van der Waals surface area (Å²) in [5, 5.41) is 3.00. The molecular weight excluding hydrogens is 390 g/mol. The molecule has 0 atom stereocenters. The fourth-order valence-corrected chi connectivity index (χ4v) is 3.83. The summed E-state index contributed by atoms with van der Waals surface area (Å²) >= 11 is 0. The van der Waals surface area contributed by atoms with Gasteiger partial charge in [-0.1, -0.05) is 42.5 Å². The van der Waals surface area contributed by atoms with Crippen LogP contribution in [0.5, 0.6) is 0 Å². The number of carbonyl (C=O) groups is 2. The van der Waals surface area contributed by atoms with Crippen LogP contribution in [0.1, 0.15) is 24.0 Å². The molecule has 0 spiro atoms. The molecule has 2 aromatic rings. The molecular formula is C25H31N3O3. The smallest absolute Gasteiger partial charge is 0.230 e. The summed E-state index contributed by atoms with van der Waals surface area (Å²) in [6.07, 6.45) is 2.30. The lowest BCUT2D eigenvalue weighted by molar-refractivity contribution is -0.121. The second-order valence-corrected chi connectivity index (χ2v) is 8.33. The number of rotatable bonds is 9. The molecule has 1 saturated carbocycles. The number of hydrogen-bond donors (Lipinski definition) is 1. The number of ether oxygens (including phenoxy) is 1. The Morgan fingerprint density at radius 1 is 0.968 bits per heavy atom. The predicted molar refractivity (Wildman–Crippen MR) is 121 cm³/mol. The first-order valence-corrected chi connectivity index (χ1v) is 11.2. The van der Waals surface area contributed by atoms with Gasteiger partial charge in [0.15, 0.2) is 0 Å². The van der Waals surface area contributed by atoms with Crippen LogP contribution >= 0.6 is 0 Å². The third-order valence-corrected chi connectivity index (χ3v) is 5.84. The number of anilines is 1. The van der Waals surface area contributed by atoms with E-state index in [4.69, 9.17) is 4.74 Å². The van der Waals surface area contributed by atoms with E-state index in [0.29, 0.717) is 19.5 Å². The molecule has 1 saturated heterocycles. The predicted octanol–water partition coefficient (Wildman–Crippen LogP) is 2.62. The third-order valence-electron chi connectivity index (χ3n) is 5.84. The number of benzene rings is 2. The minimum absolute atomic E-state index is 0.0243. The van der Waals surface area contributed by atoms with E-state index in [2.05, 4.69) is 10.2 Å². The van der Waals surface area contributed by atoms with Crippen LogP contribution in [0.15, 0.2) is 54.6 Å². The van der Waals surface area contributed by atoms with E-state index in [-0.39, 0.29) is 17.7 Å². The highest BCUT2D eigenvalue weighted by Gasteiger charge is 2.34. The molecule has 6 nitrogen and oxygen atoms in total. The van der Waals surface area contributed by atoms with E-state index in [0.717, 1.165) is 62.5 Å². The summed E-state index contributed by atoms with van der Waals surface area (Å²) in [7, 11) is 0. The zero-order chi connectivity index (χ0) is 21.5. The van der Waals surface area contributed by atoms with Gasteiger partial charge >= 0.3 is 0 Å². The Hall–Kier alpha value is -2.70. The molecule has 164 valence electrons. The SMILES string of the molecule is O=C(Cc1ccc(N(Cc2ccccc2)C(=O)C2CC2)cc1)NCCN1CCOCC1. The summed E-state index contributed by atoms with van der Waals surface area (Å²) in [5.74, 6) is 0.370. The molecule has 1 heterocycles. The fourth-order valence-electron chi connectivity index (χ4n) is 3.83. The van der Waals surface area contributed by atoms with E-state index >= 15 is 0 Å². The van der Waals surface area contributed by atoms with E-state index < -0.39 is 0 Å². The zero-order valence-electron chi connectivity index (χ0n) is 18.0. The molecule has 0 bridgehead atoms. The van der Waals surface area contributed by atoms with Crippen molar-refractivity contribution >= 4 is 17.5 Å². The van der Waals surface area contributed by atoms with Gasteiger partial charge in [0.1, 0.15) is 0 Å². The Kier molecular flexibility index (Phi) is 7.33. The molecule has 1 N–H and O–H groups in total. The van der Waals surface area contributed by atoms with Crippen molar-refractivity contribution in [1.82, 2.24) is 10.2 Å². The summed E-state index contributed by atoms with van der Waals surface area (Å²) in [4.78, 5) is 29.3. The number of carbonyl (C=O) groups excluding carboxylic acids is 2. The Morgan fingerprint density at radius 3 is 2.35 bits per heavy atom. The van der Waals surface area contributed by atoms with Gasteiger partial charge in [0.2, 0.25) is 11.8 Å². The first-order valence-electron chi connectivity index (χ1n) is 11.2. The molecule has 0 unspecified atom stereocenters. The lowest BCUT2D eigenvalue weighted by Gasteiger charge is -2.26. The van der Waals surface area contributed by atoms with Crippen LogP contribution in [-0.2, 0) is 27.3 Å². The number of nitrogens with one attached hydrogen (secondary N) is 1. The maximum Gasteiger partial charge on any atom is 0.230 e. The standard InChI is InChI=1S/C25H31N3O3/c29-24(26-12-13-27-14-16-31-17-15-27)18-20-6-10-23(11-7-20)28(25(30)22-8-9-22)19-21-4-2-1-3-5-21/h1-7,10-11,22H,8-9,12-19H2,(H,26,29). The highest BCUT2D eigenvalue weighted by Crippen LogP contribution is 2.33. The normalized spacial score (nSPS) is 16.6. The lowest BCUT2D eigenvalue weighted by Crippen LogP contribution is -2.41. The van der Waals surface area contributed by atoms with Crippen LogP contribution in [0.4, 0.5) is 5.69 Å². The van der Waals surface area contributed by atoms with Crippen molar-refractivity contribution in [2.45, 2.75) is 25.8 Å². The van der Waals surface area contributed by atoms with E-state index in [1.165, 1.54) is 0 Å². The van der Waals surface area contributed by atoms with Gasteiger partial charge in [0.25, 0.3) is 0 Å². The number of nitrogens with zero attached hydrogens (tertiary/aromatic N) is 2. The number of amides is 2. The van der Waals surface area contributed by atoms with E-state index in [1.54, 1.807) is 0 Å². The Morgan fingerprint density at radius 2 is 1.68 bits per heavy atom. The number of morpholine rings is 1. The zero-order valence-corrected chi connectivity index (χ0v) is 18.0. The van der Waals surface area contributed by atoms with Crippen molar-refractivity contribution in [3.05, 3.63) is 65.7 Å². The van der Waals surface area contributed by atoms with Crippen molar-refractivity contribution in [3.8, 4) is 0 Å². The summed E-state index contributed by atoms with van der Waals surface area (Å²) in [6, 6.07) is 17.9. The average Bonchev–Trinajstić information content (AvgIpc) is 3.65. The van der Waals surface area contributed by atoms with Crippen molar-refractivity contribution in [3.63, 3.8) is 0 Å². The van der Waals surface area contributed by atoms with Gasteiger partial charge in [-0.05, 0) is 36.1 Å². The van der Waals surface area contributed by atoms with Crippen LogP contribution in [0.3, 0.4) is 0 Å². The molecule has 31 heavy (non-hydrogen) atoms. The van der Waals surface area contributed by atoms with Crippen molar-refractivity contribution in [2.75, 3.05) is 44.3 Å². The van der Waals surface area contributed by atoms with Crippen LogP contribution < -0.4 is 10.2 Å². The minimum atomic E-state index is 0.0243. The van der Waals surface area contributed by atoms with E-state index in [9.17, 15) is 9.59 Å². The van der Waals surface area contributed by atoms with Crippen LogP contribution in [0.25, 0.3) is 0 Å². The van der Waals surface area contributed by atoms with Crippen LogP contribution in [0.2, 0.25) is 0 Å². The van der Waals surface area contributed by atoms with Crippen molar-refractivity contribution in [2.24, 2.45) is 5.92 Å². The number of hydrogen-bond acceptors (Lipinski definition) is 4. The molecule has 0 aromatic heterocycles. The topological polar surface area (TPSA) is 61.9 Å². The molecule has 2 amide bonds. The second kappa shape index (κ2) is 10.6. The average molecular weight is 422 g/mol. The second-order valence-electron chi connectivity index (χ2n) is 8.33. The first kappa shape index (κ1) is 21.5. The Bertz CT molecular complexity index is 859. The lowest BCUT2D eigenvalue weighted by atomic mass is 10.1. The third kappa shape index (κ3) is 6.39.